The number of hydrogen-bond acceptors (Lipinski definition) is 2. The zero-order valence-electron chi connectivity index (χ0n) is 12.9. The summed E-state index contributed by atoms with van der Waals surface area (Å²) < 4.78 is 3.65. The maximum atomic E-state index is 12.8. The van der Waals surface area contributed by atoms with E-state index in [9.17, 15) is 4.79 Å². The van der Waals surface area contributed by atoms with Gasteiger partial charge < -0.3 is 0 Å². The summed E-state index contributed by atoms with van der Waals surface area (Å²) in [6, 6.07) is 18.0. The summed E-state index contributed by atoms with van der Waals surface area (Å²) in [4.78, 5) is 17.3. The SMILES string of the molecule is CCn1c(=O)n(Cc2cccc3cccnc23)c2ccccc21. The summed E-state index contributed by atoms with van der Waals surface area (Å²) in [5.41, 5.74) is 3.99. The Kier molecular flexibility index (Phi) is 3.23. The highest BCUT2D eigenvalue weighted by Crippen LogP contribution is 2.19. The molecule has 2 aromatic carbocycles. The van der Waals surface area contributed by atoms with E-state index in [1.165, 1.54) is 0 Å². The Hall–Kier alpha value is -2.88. The van der Waals surface area contributed by atoms with Crippen LogP contribution in [-0.4, -0.2) is 14.1 Å². The van der Waals surface area contributed by atoms with Gasteiger partial charge in [-0.1, -0.05) is 36.4 Å². The van der Waals surface area contributed by atoms with Gasteiger partial charge in [0.15, 0.2) is 0 Å². The fourth-order valence-electron chi connectivity index (χ4n) is 3.20. The number of pyridine rings is 1. The topological polar surface area (TPSA) is 39.8 Å². The van der Waals surface area contributed by atoms with Crippen molar-refractivity contribution < 1.29 is 0 Å². The minimum atomic E-state index is 0.0293. The maximum Gasteiger partial charge on any atom is 0.329 e. The number of nitrogens with zero attached hydrogens (tertiary/aromatic N) is 3. The minimum Gasteiger partial charge on any atom is -0.292 e. The molecular weight excluding hydrogens is 286 g/mol. The smallest absolute Gasteiger partial charge is 0.292 e. The molecule has 0 fully saturated rings. The van der Waals surface area contributed by atoms with Gasteiger partial charge in [0, 0.05) is 18.1 Å². The van der Waals surface area contributed by atoms with Gasteiger partial charge in [-0.15, -0.1) is 0 Å². The number of benzene rings is 2. The van der Waals surface area contributed by atoms with Crippen LogP contribution in [-0.2, 0) is 13.1 Å². The van der Waals surface area contributed by atoms with Gasteiger partial charge in [-0.25, -0.2) is 4.79 Å². The molecule has 2 heterocycles. The van der Waals surface area contributed by atoms with Gasteiger partial charge in [0.1, 0.15) is 0 Å². The first kappa shape index (κ1) is 13.8. The largest absolute Gasteiger partial charge is 0.329 e. The number of fused-ring (bicyclic) bond motifs is 2. The van der Waals surface area contributed by atoms with E-state index in [2.05, 4.69) is 4.98 Å². The van der Waals surface area contributed by atoms with E-state index in [1.54, 1.807) is 6.20 Å². The van der Waals surface area contributed by atoms with Gasteiger partial charge in [-0.3, -0.25) is 14.1 Å². The van der Waals surface area contributed by atoms with E-state index in [0.29, 0.717) is 13.1 Å². The van der Waals surface area contributed by atoms with Crippen LogP contribution in [0.15, 0.2) is 65.6 Å². The standard InChI is InChI=1S/C19H17N3O/c1-2-21-16-10-3-4-11-17(16)22(19(21)23)13-15-8-5-7-14-9-6-12-20-18(14)15/h3-12H,2,13H2,1H3. The van der Waals surface area contributed by atoms with Crippen molar-refractivity contribution in [2.75, 3.05) is 0 Å². The lowest BCUT2D eigenvalue weighted by molar-refractivity contribution is 0.685. The van der Waals surface area contributed by atoms with Gasteiger partial charge >= 0.3 is 5.69 Å². The Labute approximate surface area is 133 Å². The van der Waals surface area contributed by atoms with E-state index in [-0.39, 0.29) is 5.69 Å². The van der Waals surface area contributed by atoms with Crippen molar-refractivity contribution in [3.05, 3.63) is 76.8 Å². The molecule has 4 rings (SSSR count). The molecule has 0 amide bonds. The molecule has 0 N–H and O–H groups in total. The number of aryl methyl sites for hydroxylation is 1. The minimum absolute atomic E-state index is 0.0293. The summed E-state index contributed by atoms with van der Waals surface area (Å²) >= 11 is 0. The summed E-state index contributed by atoms with van der Waals surface area (Å²) in [6.45, 7) is 3.19. The highest BCUT2D eigenvalue weighted by Gasteiger charge is 2.13. The van der Waals surface area contributed by atoms with E-state index in [4.69, 9.17) is 0 Å². The van der Waals surface area contributed by atoms with Crippen LogP contribution in [0.1, 0.15) is 12.5 Å². The van der Waals surface area contributed by atoms with Crippen molar-refractivity contribution in [1.82, 2.24) is 14.1 Å². The second kappa shape index (κ2) is 5.39. The summed E-state index contributed by atoms with van der Waals surface area (Å²) in [6.07, 6.45) is 1.80. The molecule has 114 valence electrons. The fraction of sp³-hybridized carbons (Fsp3) is 0.158. The first-order valence-corrected chi connectivity index (χ1v) is 7.80. The van der Waals surface area contributed by atoms with Crippen molar-refractivity contribution in [3.63, 3.8) is 0 Å². The van der Waals surface area contributed by atoms with Crippen LogP contribution in [0.3, 0.4) is 0 Å². The summed E-state index contributed by atoms with van der Waals surface area (Å²) in [7, 11) is 0. The third-order valence-electron chi connectivity index (χ3n) is 4.29. The zero-order chi connectivity index (χ0) is 15.8. The molecule has 23 heavy (non-hydrogen) atoms. The quantitative estimate of drug-likeness (QED) is 0.582. The molecule has 0 bridgehead atoms. The molecule has 0 unspecified atom stereocenters. The van der Waals surface area contributed by atoms with Crippen LogP contribution in [0, 0.1) is 0 Å². The van der Waals surface area contributed by atoms with E-state index in [0.717, 1.165) is 27.5 Å². The van der Waals surface area contributed by atoms with Crippen LogP contribution < -0.4 is 5.69 Å². The van der Waals surface area contributed by atoms with Crippen LogP contribution in [0.2, 0.25) is 0 Å². The lowest BCUT2D eigenvalue weighted by Crippen LogP contribution is -2.24. The predicted octanol–water partition coefficient (Wildman–Crippen LogP) is 3.42. The van der Waals surface area contributed by atoms with Crippen molar-refractivity contribution >= 4 is 21.9 Å². The molecular formula is C19H17N3O. The average Bonchev–Trinajstić information content (AvgIpc) is 2.87. The Morgan fingerprint density at radius 1 is 0.913 bits per heavy atom. The molecule has 0 aliphatic rings. The van der Waals surface area contributed by atoms with Crippen molar-refractivity contribution in [2.24, 2.45) is 0 Å². The summed E-state index contributed by atoms with van der Waals surface area (Å²) in [5, 5.41) is 1.09. The fourth-order valence-corrected chi connectivity index (χ4v) is 3.20. The second-order valence-corrected chi connectivity index (χ2v) is 5.59. The molecule has 0 saturated carbocycles. The number of rotatable bonds is 3. The first-order chi connectivity index (χ1) is 11.3. The van der Waals surface area contributed by atoms with Crippen molar-refractivity contribution in [2.45, 2.75) is 20.0 Å². The Morgan fingerprint density at radius 3 is 2.43 bits per heavy atom. The predicted molar refractivity (Wildman–Crippen MR) is 92.7 cm³/mol. The van der Waals surface area contributed by atoms with Crippen LogP contribution in [0.5, 0.6) is 0 Å². The van der Waals surface area contributed by atoms with E-state index < -0.39 is 0 Å². The molecule has 4 aromatic rings. The molecule has 0 atom stereocenters. The van der Waals surface area contributed by atoms with Crippen LogP contribution >= 0.6 is 0 Å². The third-order valence-corrected chi connectivity index (χ3v) is 4.29. The number of para-hydroxylation sites is 3. The summed E-state index contributed by atoms with van der Waals surface area (Å²) in [5.74, 6) is 0. The normalized spacial score (nSPS) is 11.3. The highest BCUT2D eigenvalue weighted by molar-refractivity contribution is 5.82. The first-order valence-electron chi connectivity index (χ1n) is 7.80. The number of aromatic nitrogens is 3. The Bertz CT molecular complexity index is 1050. The average molecular weight is 303 g/mol. The van der Waals surface area contributed by atoms with Gasteiger partial charge in [0.05, 0.1) is 23.1 Å². The Balaban J connectivity index is 1.94. The number of imidazole rings is 1. The molecule has 2 aromatic heterocycles. The molecule has 4 heteroatoms. The molecule has 0 aliphatic carbocycles. The van der Waals surface area contributed by atoms with Crippen molar-refractivity contribution in [3.8, 4) is 0 Å². The monoisotopic (exact) mass is 303 g/mol. The lowest BCUT2D eigenvalue weighted by atomic mass is 10.1. The number of hydrogen-bond donors (Lipinski definition) is 0. The van der Waals surface area contributed by atoms with E-state index in [1.807, 2.05) is 70.7 Å². The van der Waals surface area contributed by atoms with Gasteiger partial charge in [-0.05, 0) is 30.7 Å². The zero-order valence-corrected chi connectivity index (χ0v) is 12.9. The maximum absolute atomic E-state index is 12.8. The van der Waals surface area contributed by atoms with Crippen LogP contribution in [0.25, 0.3) is 21.9 Å². The van der Waals surface area contributed by atoms with Crippen LogP contribution in [0.4, 0.5) is 0 Å². The molecule has 0 saturated heterocycles. The molecule has 0 spiro atoms. The van der Waals surface area contributed by atoms with Gasteiger partial charge in [0.2, 0.25) is 0 Å². The lowest BCUT2D eigenvalue weighted by Gasteiger charge is -2.07. The molecule has 0 radical (unpaired) electrons. The second-order valence-electron chi connectivity index (χ2n) is 5.59. The molecule has 0 aliphatic heterocycles. The van der Waals surface area contributed by atoms with Gasteiger partial charge in [0.25, 0.3) is 0 Å². The van der Waals surface area contributed by atoms with E-state index >= 15 is 0 Å². The van der Waals surface area contributed by atoms with Gasteiger partial charge in [-0.2, -0.15) is 0 Å². The highest BCUT2D eigenvalue weighted by atomic mass is 16.1. The Morgan fingerprint density at radius 2 is 1.65 bits per heavy atom. The third kappa shape index (κ3) is 2.14. The molecule has 4 nitrogen and oxygen atoms in total. The van der Waals surface area contributed by atoms with Crippen molar-refractivity contribution in [1.29, 1.82) is 0 Å².